The van der Waals surface area contributed by atoms with Crippen LogP contribution in [0.1, 0.15) is 20.3 Å². The molecule has 3 nitrogen and oxygen atoms in total. The number of nitrogens with one attached hydrogen (secondary N) is 1. The van der Waals surface area contributed by atoms with Crippen LogP contribution >= 0.6 is 0 Å². The van der Waals surface area contributed by atoms with Crippen molar-refractivity contribution in [2.45, 2.75) is 26.4 Å². The monoisotopic (exact) mass is 183 g/mol. The third-order valence-corrected chi connectivity index (χ3v) is 2.31. The Morgan fingerprint density at radius 3 is 2.85 bits per heavy atom. The first kappa shape index (κ1) is 10.3. The summed E-state index contributed by atoms with van der Waals surface area (Å²) in [5.74, 6) is 0.135. The third-order valence-electron chi connectivity index (χ3n) is 2.31. The molecule has 0 spiro atoms. The van der Waals surface area contributed by atoms with Crippen LogP contribution in [0, 0.1) is 5.92 Å². The first-order chi connectivity index (χ1) is 6.11. The minimum atomic E-state index is -0.265. The van der Waals surface area contributed by atoms with Gasteiger partial charge >= 0.3 is 5.97 Å². The Morgan fingerprint density at radius 1 is 1.62 bits per heavy atom. The van der Waals surface area contributed by atoms with Gasteiger partial charge in [0.25, 0.3) is 0 Å². The summed E-state index contributed by atoms with van der Waals surface area (Å²) in [5.41, 5.74) is 0.478. The van der Waals surface area contributed by atoms with Gasteiger partial charge in [-0.3, -0.25) is 0 Å². The standard InChI is InChI=1S/C10H17NO2/c1-7(2)10(12)13-9-4-5-11-6-8(9)3/h8-9,11H,1,4-6H2,2-3H3/t8-,9-/m0/s1. The number of ether oxygens (including phenoxy) is 1. The van der Waals surface area contributed by atoms with E-state index in [0.29, 0.717) is 11.5 Å². The maximum absolute atomic E-state index is 11.2. The summed E-state index contributed by atoms with van der Waals surface area (Å²) in [4.78, 5) is 11.2. The number of hydrogen-bond acceptors (Lipinski definition) is 3. The van der Waals surface area contributed by atoms with Crippen molar-refractivity contribution in [2.24, 2.45) is 5.92 Å². The quantitative estimate of drug-likeness (QED) is 0.514. The van der Waals surface area contributed by atoms with Gasteiger partial charge in [-0.25, -0.2) is 4.79 Å². The van der Waals surface area contributed by atoms with Gasteiger partial charge in [-0.15, -0.1) is 0 Å². The Kier molecular flexibility index (Phi) is 3.48. The molecule has 1 rings (SSSR count). The van der Waals surface area contributed by atoms with E-state index in [9.17, 15) is 4.79 Å². The van der Waals surface area contributed by atoms with Crippen molar-refractivity contribution in [1.29, 1.82) is 0 Å². The van der Waals surface area contributed by atoms with Crippen molar-refractivity contribution in [3.63, 3.8) is 0 Å². The van der Waals surface area contributed by atoms with E-state index in [1.165, 1.54) is 0 Å². The molecule has 74 valence electrons. The van der Waals surface area contributed by atoms with Crippen molar-refractivity contribution in [1.82, 2.24) is 5.32 Å². The van der Waals surface area contributed by atoms with E-state index in [4.69, 9.17) is 4.74 Å². The molecule has 0 aromatic carbocycles. The van der Waals surface area contributed by atoms with Crippen LogP contribution in [0.25, 0.3) is 0 Å². The average molecular weight is 183 g/mol. The maximum Gasteiger partial charge on any atom is 0.333 e. The van der Waals surface area contributed by atoms with Gasteiger partial charge in [0.05, 0.1) is 0 Å². The van der Waals surface area contributed by atoms with E-state index in [0.717, 1.165) is 19.5 Å². The Bertz CT molecular complexity index is 213. The zero-order valence-electron chi connectivity index (χ0n) is 8.30. The lowest BCUT2D eigenvalue weighted by atomic mass is 9.98. The zero-order chi connectivity index (χ0) is 9.84. The van der Waals surface area contributed by atoms with Gasteiger partial charge in [0.2, 0.25) is 0 Å². The predicted octanol–water partition coefficient (Wildman–Crippen LogP) is 1.10. The van der Waals surface area contributed by atoms with Crippen LogP contribution < -0.4 is 5.32 Å². The fraction of sp³-hybridized carbons (Fsp3) is 0.700. The summed E-state index contributed by atoms with van der Waals surface area (Å²) in [7, 11) is 0. The minimum Gasteiger partial charge on any atom is -0.459 e. The molecule has 1 fully saturated rings. The fourth-order valence-corrected chi connectivity index (χ4v) is 1.40. The first-order valence-corrected chi connectivity index (χ1v) is 4.68. The van der Waals surface area contributed by atoms with Crippen molar-refractivity contribution < 1.29 is 9.53 Å². The van der Waals surface area contributed by atoms with E-state index in [1.807, 2.05) is 0 Å². The van der Waals surface area contributed by atoms with Gasteiger partial charge in [0.15, 0.2) is 0 Å². The van der Waals surface area contributed by atoms with Gasteiger partial charge in [-0.1, -0.05) is 13.5 Å². The molecule has 1 saturated heterocycles. The smallest absolute Gasteiger partial charge is 0.333 e. The number of carbonyl (C=O) groups is 1. The number of rotatable bonds is 2. The summed E-state index contributed by atoms with van der Waals surface area (Å²) < 4.78 is 5.29. The topological polar surface area (TPSA) is 38.3 Å². The highest BCUT2D eigenvalue weighted by atomic mass is 16.5. The molecule has 1 N–H and O–H groups in total. The Labute approximate surface area is 79.2 Å². The van der Waals surface area contributed by atoms with Crippen molar-refractivity contribution >= 4 is 5.97 Å². The molecular formula is C10H17NO2. The predicted molar refractivity (Wildman–Crippen MR) is 51.3 cm³/mol. The fourth-order valence-electron chi connectivity index (χ4n) is 1.40. The molecule has 0 bridgehead atoms. The molecule has 0 aliphatic carbocycles. The molecule has 0 saturated carbocycles. The van der Waals surface area contributed by atoms with Gasteiger partial charge in [-0.2, -0.15) is 0 Å². The van der Waals surface area contributed by atoms with Crippen LogP contribution in [0.2, 0.25) is 0 Å². The molecule has 1 aliphatic rings. The lowest BCUT2D eigenvalue weighted by Crippen LogP contribution is -2.40. The SMILES string of the molecule is C=C(C)C(=O)O[C@H]1CCNC[C@@H]1C. The third kappa shape index (κ3) is 2.84. The molecule has 0 aromatic rings. The summed E-state index contributed by atoms with van der Waals surface area (Å²) >= 11 is 0. The molecule has 1 heterocycles. The Morgan fingerprint density at radius 2 is 2.31 bits per heavy atom. The molecule has 0 aromatic heterocycles. The summed E-state index contributed by atoms with van der Waals surface area (Å²) in [6.07, 6.45) is 0.964. The lowest BCUT2D eigenvalue weighted by molar-refractivity contribution is -0.147. The van der Waals surface area contributed by atoms with Crippen LogP contribution in [0.4, 0.5) is 0 Å². The van der Waals surface area contributed by atoms with Gasteiger partial charge < -0.3 is 10.1 Å². The van der Waals surface area contributed by atoms with Crippen LogP contribution in [-0.4, -0.2) is 25.2 Å². The van der Waals surface area contributed by atoms with Crippen LogP contribution in [0.15, 0.2) is 12.2 Å². The van der Waals surface area contributed by atoms with E-state index in [1.54, 1.807) is 6.92 Å². The van der Waals surface area contributed by atoms with E-state index in [-0.39, 0.29) is 12.1 Å². The van der Waals surface area contributed by atoms with Crippen molar-refractivity contribution in [2.75, 3.05) is 13.1 Å². The van der Waals surface area contributed by atoms with Gasteiger partial charge in [0, 0.05) is 18.0 Å². The molecule has 13 heavy (non-hydrogen) atoms. The highest BCUT2D eigenvalue weighted by Gasteiger charge is 2.24. The molecule has 0 unspecified atom stereocenters. The average Bonchev–Trinajstić information content (AvgIpc) is 2.08. The van der Waals surface area contributed by atoms with Crippen LogP contribution in [0.5, 0.6) is 0 Å². The second kappa shape index (κ2) is 4.42. The van der Waals surface area contributed by atoms with Gasteiger partial charge in [-0.05, 0) is 19.9 Å². The van der Waals surface area contributed by atoms with Gasteiger partial charge in [0.1, 0.15) is 6.10 Å². The number of carbonyl (C=O) groups excluding carboxylic acids is 1. The largest absolute Gasteiger partial charge is 0.459 e. The molecular weight excluding hydrogens is 166 g/mol. The van der Waals surface area contributed by atoms with Crippen molar-refractivity contribution in [3.8, 4) is 0 Å². The summed E-state index contributed by atoms with van der Waals surface area (Å²) in [5, 5.41) is 3.25. The van der Waals surface area contributed by atoms with Crippen LogP contribution in [0.3, 0.4) is 0 Å². The van der Waals surface area contributed by atoms with E-state index >= 15 is 0 Å². The minimum absolute atomic E-state index is 0.0606. The lowest BCUT2D eigenvalue weighted by Gasteiger charge is -2.29. The molecule has 3 heteroatoms. The van der Waals surface area contributed by atoms with E-state index < -0.39 is 0 Å². The summed E-state index contributed by atoms with van der Waals surface area (Å²) in [6.45, 7) is 9.17. The van der Waals surface area contributed by atoms with E-state index in [2.05, 4.69) is 18.8 Å². The summed E-state index contributed by atoms with van der Waals surface area (Å²) in [6, 6.07) is 0. The molecule has 1 aliphatic heterocycles. The molecule has 0 amide bonds. The normalized spacial score (nSPS) is 28.2. The number of esters is 1. The zero-order valence-corrected chi connectivity index (χ0v) is 8.30. The Hall–Kier alpha value is -0.830. The van der Waals surface area contributed by atoms with Crippen molar-refractivity contribution in [3.05, 3.63) is 12.2 Å². The number of piperidine rings is 1. The molecule has 2 atom stereocenters. The highest BCUT2D eigenvalue weighted by molar-refractivity contribution is 5.87. The first-order valence-electron chi connectivity index (χ1n) is 4.68. The second-order valence-corrected chi connectivity index (χ2v) is 3.69. The molecule has 0 radical (unpaired) electrons. The Balaban J connectivity index is 2.42. The van der Waals surface area contributed by atoms with Crippen LogP contribution in [-0.2, 0) is 9.53 Å². The highest BCUT2D eigenvalue weighted by Crippen LogP contribution is 2.15. The second-order valence-electron chi connectivity index (χ2n) is 3.69. The number of hydrogen-bond donors (Lipinski definition) is 1. The maximum atomic E-state index is 11.2.